The van der Waals surface area contributed by atoms with Gasteiger partial charge in [0, 0.05) is 23.4 Å². The van der Waals surface area contributed by atoms with Crippen LogP contribution in [-0.2, 0) is 6.42 Å². The van der Waals surface area contributed by atoms with Crippen LogP contribution in [0.5, 0.6) is 0 Å². The summed E-state index contributed by atoms with van der Waals surface area (Å²) in [6, 6.07) is 13.7. The molecule has 0 N–H and O–H groups in total. The predicted octanol–water partition coefficient (Wildman–Crippen LogP) is 8.34. The molecule has 28 heavy (non-hydrogen) atoms. The van der Waals surface area contributed by atoms with Crippen LogP contribution in [-0.4, -0.2) is 4.98 Å². The van der Waals surface area contributed by atoms with Gasteiger partial charge >= 0.3 is 0 Å². The maximum absolute atomic E-state index is 4.84. The van der Waals surface area contributed by atoms with Crippen LogP contribution in [0.4, 0.5) is 0 Å². The number of rotatable bonds is 10. The maximum atomic E-state index is 4.84. The molecule has 1 heterocycles. The lowest BCUT2D eigenvalue weighted by molar-refractivity contribution is 0.315. The van der Waals surface area contributed by atoms with Gasteiger partial charge in [0.1, 0.15) is 0 Å². The molecular weight excluding hydrogens is 338 g/mol. The van der Waals surface area contributed by atoms with E-state index in [1.807, 2.05) is 0 Å². The molecule has 0 aliphatic heterocycles. The molecule has 1 saturated carbocycles. The summed E-state index contributed by atoms with van der Waals surface area (Å²) in [6.07, 6.45) is 18.2. The van der Waals surface area contributed by atoms with Crippen molar-refractivity contribution in [3.05, 3.63) is 53.9 Å². The fourth-order valence-corrected chi connectivity index (χ4v) is 4.66. The van der Waals surface area contributed by atoms with Gasteiger partial charge < -0.3 is 0 Å². The number of aryl methyl sites for hydroxylation is 1. The van der Waals surface area contributed by atoms with E-state index < -0.39 is 0 Å². The van der Waals surface area contributed by atoms with Gasteiger partial charge in [0.25, 0.3) is 0 Å². The molecule has 3 rings (SSSR count). The first-order valence-electron chi connectivity index (χ1n) is 11.9. The van der Waals surface area contributed by atoms with Crippen molar-refractivity contribution in [1.82, 2.24) is 4.98 Å². The zero-order valence-electron chi connectivity index (χ0n) is 18.1. The Balaban J connectivity index is 1.48. The Labute approximate surface area is 173 Å². The standard InChI is InChI=1S/C27H39N/c1-3-5-6-7-8-9-10-23-13-15-24(16-14-23)26-19-20-27(28-21-26)25-17-11-22(4-2)12-18-25/h13-16,19-22,25H,3-12,17-18H2,1-2H3/t22-,25-. The van der Waals surface area contributed by atoms with Gasteiger partial charge in [0.2, 0.25) is 0 Å². The third-order valence-electron chi connectivity index (χ3n) is 6.74. The van der Waals surface area contributed by atoms with Crippen LogP contribution < -0.4 is 0 Å². The molecule has 1 aliphatic rings. The summed E-state index contributed by atoms with van der Waals surface area (Å²) in [5.41, 5.74) is 5.31. The highest BCUT2D eigenvalue weighted by Gasteiger charge is 2.22. The first-order valence-corrected chi connectivity index (χ1v) is 11.9. The molecule has 1 aromatic heterocycles. The number of hydrogen-bond acceptors (Lipinski definition) is 1. The van der Waals surface area contributed by atoms with E-state index in [1.165, 1.54) is 99.4 Å². The number of aromatic nitrogens is 1. The summed E-state index contributed by atoms with van der Waals surface area (Å²) < 4.78 is 0. The van der Waals surface area contributed by atoms with Gasteiger partial charge in [-0.25, -0.2) is 0 Å². The Morgan fingerprint density at radius 1 is 0.750 bits per heavy atom. The first kappa shape index (κ1) is 21.1. The van der Waals surface area contributed by atoms with E-state index in [-0.39, 0.29) is 0 Å². The summed E-state index contributed by atoms with van der Waals surface area (Å²) >= 11 is 0. The van der Waals surface area contributed by atoms with E-state index in [4.69, 9.17) is 4.98 Å². The SMILES string of the molecule is CCCCCCCCc1ccc(-c2ccc([C@H]3CC[C@H](CC)CC3)nc2)cc1. The first-order chi connectivity index (χ1) is 13.8. The molecule has 0 saturated heterocycles. The van der Waals surface area contributed by atoms with Crippen molar-refractivity contribution in [2.24, 2.45) is 5.92 Å². The average molecular weight is 378 g/mol. The molecule has 2 aromatic rings. The van der Waals surface area contributed by atoms with Crippen LogP contribution in [0.1, 0.15) is 102 Å². The molecule has 0 unspecified atom stereocenters. The molecule has 1 aliphatic carbocycles. The second-order valence-corrected chi connectivity index (χ2v) is 8.81. The number of hydrogen-bond donors (Lipinski definition) is 0. The Morgan fingerprint density at radius 2 is 1.43 bits per heavy atom. The lowest BCUT2D eigenvalue weighted by Gasteiger charge is -2.27. The lowest BCUT2D eigenvalue weighted by atomic mass is 9.79. The predicted molar refractivity (Wildman–Crippen MR) is 122 cm³/mol. The molecule has 0 bridgehead atoms. The van der Waals surface area contributed by atoms with E-state index >= 15 is 0 Å². The largest absolute Gasteiger partial charge is 0.260 e. The normalized spacial score (nSPS) is 19.6. The van der Waals surface area contributed by atoms with Crippen LogP contribution >= 0.6 is 0 Å². The monoisotopic (exact) mass is 377 g/mol. The third kappa shape index (κ3) is 6.19. The van der Waals surface area contributed by atoms with Gasteiger partial charge in [0.15, 0.2) is 0 Å². The van der Waals surface area contributed by atoms with Crippen LogP contribution in [0.25, 0.3) is 11.1 Å². The van der Waals surface area contributed by atoms with Gasteiger partial charge in [-0.1, -0.05) is 82.7 Å². The van der Waals surface area contributed by atoms with Gasteiger partial charge in [-0.15, -0.1) is 0 Å². The Morgan fingerprint density at radius 3 is 2.07 bits per heavy atom. The highest BCUT2D eigenvalue weighted by atomic mass is 14.7. The van der Waals surface area contributed by atoms with E-state index in [0.717, 1.165) is 5.92 Å². The summed E-state index contributed by atoms with van der Waals surface area (Å²) in [6.45, 7) is 4.61. The molecule has 1 heteroatoms. The van der Waals surface area contributed by atoms with Crippen molar-refractivity contribution in [3.8, 4) is 11.1 Å². The van der Waals surface area contributed by atoms with Crippen LogP contribution in [0, 0.1) is 5.92 Å². The lowest BCUT2D eigenvalue weighted by Crippen LogP contribution is -2.13. The van der Waals surface area contributed by atoms with Crippen molar-refractivity contribution in [1.29, 1.82) is 0 Å². The average Bonchev–Trinajstić information content (AvgIpc) is 2.77. The zero-order valence-corrected chi connectivity index (χ0v) is 18.1. The zero-order chi connectivity index (χ0) is 19.6. The molecule has 0 atom stereocenters. The second-order valence-electron chi connectivity index (χ2n) is 8.81. The molecule has 0 spiro atoms. The summed E-state index contributed by atoms with van der Waals surface area (Å²) in [5, 5.41) is 0. The molecule has 1 aromatic carbocycles. The van der Waals surface area contributed by atoms with Gasteiger partial charge in [-0.05, 0) is 61.6 Å². The second kappa shape index (κ2) is 11.4. The minimum Gasteiger partial charge on any atom is -0.260 e. The van der Waals surface area contributed by atoms with Crippen molar-refractivity contribution in [2.75, 3.05) is 0 Å². The Kier molecular flexibility index (Phi) is 8.58. The Hall–Kier alpha value is -1.63. The van der Waals surface area contributed by atoms with E-state index in [9.17, 15) is 0 Å². The van der Waals surface area contributed by atoms with Crippen molar-refractivity contribution in [2.45, 2.75) is 96.8 Å². The molecule has 0 radical (unpaired) electrons. The number of nitrogens with zero attached hydrogens (tertiary/aromatic N) is 1. The van der Waals surface area contributed by atoms with E-state index in [2.05, 4.69) is 56.4 Å². The van der Waals surface area contributed by atoms with Crippen molar-refractivity contribution < 1.29 is 0 Å². The molecule has 1 fully saturated rings. The third-order valence-corrected chi connectivity index (χ3v) is 6.74. The van der Waals surface area contributed by atoms with Crippen LogP contribution in [0.2, 0.25) is 0 Å². The van der Waals surface area contributed by atoms with Crippen LogP contribution in [0.3, 0.4) is 0 Å². The van der Waals surface area contributed by atoms with Gasteiger partial charge in [-0.3, -0.25) is 4.98 Å². The minimum absolute atomic E-state index is 0.677. The molecule has 152 valence electrons. The van der Waals surface area contributed by atoms with Gasteiger partial charge in [0.05, 0.1) is 0 Å². The minimum atomic E-state index is 0.677. The molecular formula is C27H39N. The maximum Gasteiger partial charge on any atom is 0.0434 e. The fourth-order valence-electron chi connectivity index (χ4n) is 4.66. The van der Waals surface area contributed by atoms with Crippen LogP contribution in [0.15, 0.2) is 42.6 Å². The molecule has 0 amide bonds. The molecule has 1 nitrogen and oxygen atoms in total. The summed E-state index contributed by atoms with van der Waals surface area (Å²) in [5.74, 6) is 1.63. The van der Waals surface area contributed by atoms with Gasteiger partial charge in [-0.2, -0.15) is 0 Å². The summed E-state index contributed by atoms with van der Waals surface area (Å²) in [7, 11) is 0. The highest BCUT2D eigenvalue weighted by Crippen LogP contribution is 2.36. The number of pyridine rings is 1. The van der Waals surface area contributed by atoms with Crippen molar-refractivity contribution in [3.63, 3.8) is 0 Å². The topological polar surface area (TPSA) is 12.9 Å². The smallest absolute Gasteiger partial charge is 0.0434 e. The van der Waals surface area contributed by atoms with E-state index in [0.29, 0.717) is 5.92 Å². The fraction of sp³-hybridized carbons (Fsp3) is 0.593. The number of unbranched alkanes of at least 4 members (excludes halogenated alkanes) is 5. The number of benzene rings is 1. The van der Waals surface area contributed by atoms with Crippen molar-refractivity contribution >= 4 is 0 Å². The highest BCUT2D eigenvalue weighted by molar-refractivity contribution is 5.62. The van der Waals surface area contributed by atoms with E-state index in [1.54, 1.807) is 0 Å². The Bertz CT molecular complexity index is 662. The summed E-state index contributed by atoms with van der Waals surface area (Å²) in [4.78, 5) is 4.84. The quantitative estimate of drug-likeness (QED) is 0.379.